The first kappa shape index (κ1) is 18.0. The van der Waals surface area contributed by atoms with Gasteiger partial charge in [0.05, 0.1) is 5.56 Å². The second-order valence-corrected chi connectivity index (χ2v) is 6.21. The third-order valence-corrected chi connectivity index (χ3v) is 4.48. The number of hydrogen-bond donors (Lipinski definition) is 1. The summed E-state index contributed by atoms with van der Waals surface area (Å²) in [4.78, 5) is 25.2. The van der Waals surface area contributed by atoms with E-state index < -0.39 is 11.7 Å². The third-order valence-electron chi connectivity index (χ3n) is 4.48. The minimum Gasteiger partial charge on any atom is -0.451 e. The molecule has 0 aliphatic carbocycles. The Morgan fingerprint density at radius 2 is 1.81 bits per heavy atom. The lowest BCUT2D eigenvalue weighted by Crippen LogP contribution is -2.41. The molecule has 0 saturated carbocycles. The molecule has 0 atom stereocenters. The normalized spacial score (nSPS) is 15.9. The Bertz CT molecular complexity index is 821. The Balaban J connectivity index is 1.74. The van der Waals surface area contributed by atoms with Crippen LogP contribution in [-0.4, -0.2) is 29.8 Å². The van der Waals surface area contributed by atoms with Gasteiger partial charge in [-0.1, -0.05) is 12.1 Å². The minimum absolute atomic E-state index is 0.0509. The summed E-state index contributed by atoms with van der Waals surface area (Å²) in [5, 5.41) is 0. The lowest BCUT2D eigenvalue weighted by molar-refractivity contribution is -0.137. The van der Waals surface area contributed by atoms with Gasteiger partial charge in [0, 0.05) is 24.6 Å². The van der Waals surface area contributed by atoms with Crippen molar-refractivity contribution in [2.75, 3.05) is 13.1 Å². The van der Waals surface area contributed by atoms with Gasteiger partial charge >= 0.3 is 6.18 Å². The SMILES string of the molecule is NC(=O)C1CCN(C(=O)c2ccc(-c3cccc(C(F)(F)F)c3)o2)CC1. The molecule has 0 unspecified atom stereocenters. The van der Waals surface area contributed by atoms with Gasteiger partial charge in [0.15, 0.2) is 5.76 Å². The molecule has 2 heterocycles. The molecule has 1 fully saturated rings. The highest BCUT2D eigenvalue weighted by Gasteiger charge is 2.31. The van der Waals surface area contributed by atoms with Crippen LogP contribution in [0.2, 0.25) is 0 Å². The molecule has 138 valence electrons. The second kappa shape index (κ2) is 6.86. The summed E-state index contributed by atoms with van der Waals surface area (Å²) < 4.78 is 43.9. The van der Waals surface area contributed by atoms with Crippen molar-refractivity contribution in [1.82, 2.24) is 4.90 Å². The second-order valence-electron chi connectivity index (χ2n) is 6.21. The highest BCUT2D eigenvalue weighted by atomic mass is 19.4. The molecule has 3 rings (SSSR count). The molecule has 2 aromatic rings. The smallest absolute Gasteiger partial charge is 0.416 e. The first-order chi connectivity index (χ1) is 12.3. The maximum atomic E-state index is 12.8. The fourth-order valence-corrected chi connectivity index (χ4v) is 2.98. The van der Waals surface area contributed by atoms with Crippen LogP contribution in [0.1, 0.15) is 29.0 Å². The average Bonchev–Trinajstić information content (AvgIpc) is 3.10. The molecule has 0 radical (unpaired) electrons. The van der Waals surface area contributed by atoms with Gasteiger partial charge in [-0.15, -0.1) is 0 Å². The maximum absolute atomic E-state index is 12.8. The number of alkyl halides is 3. The summed E-state index contributed by atoms with van der Waals surface area (Å²) in [7, 11) is 0. The number of nitrogens with zero attached hydrogens (tertiary/aromatic N) is 1. The van der Waals surface area contributed by atoms with Gasteiger partial charge in [0.1, 0.15) is 5.76 Å². The van der Waals surface area contributed by atoms with Crippen molar-refractivity contribution >= 4 is 11.8 Å². The molecular weight excluding hydrogens is 349 g/mol. The van der Waals surface area contributed by atoms with E-state index in [0.717, 1.165) is 12.1 Å². The van der Waals surface area contributed by atoms with Gasteiger partial charge < -0.3 is 15.1 Å². The van der Waals surface area contributed by atoms with Crippen LogP contribution < -0.4 is 5.73 Å². The Labute approximate surface area is 147 Å². The van der Waals surface area contributed by atoms with Crippen molar-refractivity contribution in [1.29, 1.82) is 0 Å². The van der Waals surface area contributed by atoms with Gasteiger partial charge in [-0.05, 0) is 37.1 Å². The van der Waals surface area contributed by atoms with Gasteiger partial charge in [-0.25, -0.2) is 0 Å². The Hall–Kier alpha value is -2.77. The molecule has 5 nitrogen and oxygen atoms in total. The summed E-state index contributed by atoms with van der Waals surface area (Å²) in [6.45, 7) is 0.762. The largest absolute Gasteiger partial charge is 0.451 e. The molecule has 26 heavy (non-hydrogen) atoms. The summed E-state index contributed by atoms with van der Waals surface area (Å²) in [6.07, 6.45) is -3.48. The number of amides is 2. The van der Waals surface area contributed by atoms with E-state index >= 15 is 0 Å². The van der Waals surface area contributed by atoms with Crippen molar-refractivity contribution in [3.63, 3.8) is 0 Å². The molecule has 2 amide bonds. The third kappa shape index (κ3) is 3.74. The van der Waals surface area contributed by atoms with Gasteiger partial charge in [-0.2, -0.15) is 13.2 Å². The fraction of sp³-hybridized carbons (Fsp3) is 0.333. The van der Waals surface area contributed by atoms with Gasteiger partial charge in [-0.3, -0.25) is 9.59 Å². The number of halogens is 3. The highest BCUT2D eigenvalue weighted by Crippen LogP contribution is 2.33. The van der Waals surface area contributed by atoms with E-state index in [1.54, 1.807) is 4.90 Å². The number of carbonyl (C=O) groups excluding carboxylic acids is 2. The fourth-order valence-electron chi connectivity index (χ4n) is 2.98. The van der Waals surface area contributed by atoms with Crippen LogP contribution in [-0.2, 0) is 11.0 Å². The van der Waals surface area contributed by atoms with E-state index in [9.17, 15) is 22.8 Å². The average molecular weight is 366 g/mol. The van der Waals surface area contributed by atoms with Crippen LogP contribution in [0, 0.1) is 5.92 Å². The van der Waals surface area contributed by atoms with Gasteiger partial charge in [0.2, 0.25) is 5.91 Å². The van der Waals surface area contributed by atoms with E-state index in [-0.39, 0.29) is 34.8 Å². The predicted octanol–water partition coefficient (Wildman–Crippen LogP) is 3.30. The maximum Gasteiger partial charge on any atom is 0.416 e. The Morgan fingerprint density at radius 1 is 1.12 bits per heavy atom. The monoisotopic (exact) mass is 366 g/mol. The summed E-state index contributed by atoms with van der Waals surface area (Å²) in [5.74, 6) is -0.731. The molecular formula is C18H17F3N2O3. The zero-order valence-corrected chi connectivity index (χ0v) is 13.8. The highest BCUT2D eigenvalue weighted by molar-refractivity contribution is 5.92. The Kier molecular flexibility index (Phi) is 4.76. The first-order valence-electron chi connectivity index (χ1n) is 8.12. The number of furan rings is 1. The zero-order chi connectivity index (χ0) is 18.9. The molecule has 1 saturated heterocycles. The minimum atomic E-state index is -4.45. The number of hydrogen-bond acceptors (Lipinski definition) is 3. The van der Waals surface area contributed by atoms with Crippen LogP contribution in [0.25, 0.3) is 11.3 Å². The quantitative estimate of drug-likeness (QED) is 0.905. The number of nitrogens with two attached hydrogens (primary N) is 1. The standard InChI is InChI=1S/C18H17F3N2O3/c19-18(20,21)13-3-1-2-12(10-13)14-4-5-15(26-14)17(25)23-8-6-11(7-9-23)16(22)24/h1-5,10-11H,6-9H2,(H2,22,24). The molecule has 8 heteroatoms. The zero-order valence-electron chi connectivity index (χ0n) is 13.8. The molecule has 1 aromatic carbocycles. The van der Waals surface area contributed by atoms with E-state index in [0.29, 0.717) is 25.9 Å². The summed E-state index contributed by atoms with van der Waals surface area (Å²) in [6, 6.07) is 7.64. The number of benzene rings is 1. The topological polar surface area (TPSA) is 76.5 Å². The number of carbonyl (C=O) groups is 2. The van der Waals surface area contributed by atoms with Crippen molar-refractivity contribution < 1.29 is 27.2 Å². The van der Waals surface area contributed by atoms with E-state index in [1.165, 1.54) is 24.3 Å². The van der Waals surface area contributed by atoms with Gasteiger partial charge in [0.25, 0.3) is 5.91 Å². The lowest BCUT2D eigenvalue weighted by atomic mass is 9.96. The van der Waals surface area contributed by atoms with Crippen LogP contribution in [0.15, 0.2) is 40.8 Å². The number of rotatable bonds is 3. The predicted molar refractivity (Wildman–Crippen MR) is 87.0 cm³/mol. The van der Waals surface area contributed by atoms with Crippen molar-refractivity contribution in [3.8, 4) is 11.3 Å². The Morgan fingerprint density at radius 3 is 2.42 bits per heavy atom. The summed E-state index contributed by atoms with van der Waals surface area (Å²) >= 11 is 0. The van der Waals surface area contributed by atoms with E-state index in [4.69, 9.17) is 10.2 Å². The van der Waals surface area contributed by atoms with Crippen LogP contribution in [0.3, 0.4) is 0 Å². The summed E-state index contributed by atoms with van der Waals surface area (Å²) in [5.41, 5.74) is 4.73. The number of piperidine rings is 1. The van der Waals surface area contributed by atoms with E-state index in [1.807, 2.05) is 0 Å². The molecule has 0 bridgehead atoms. The first-order valence-corrected chi connectivity index (χ1v) is 8.12. The van der Waals surface area contributed by atoms with Crippen molar-refractivity contribution in [2.24, 2.45) is 11.7 Å². The van der Waals surface area contributed by atoms with E-state index in [2.05, 4.69) is 0 Å². The molecule has 1 aromatic heterocycles. The number of likely N-dealkylation sites (tertiary alicyclic amines) is 1. The molecule has 1 aliphatic heterocycles. The molecule has 0 spiro atoms. The van der Waals surface area contributed by atoms with Crippen molar-refractivity contribution in [2.45, 2.75) is 19.0 Å². The van der Waals surface area contributed by atoms with Crippen LogP contribution in [0.4, 0.5) is 13.2 Å². The molecule has 1 aliphatic rings. The number of primary amides is 1. The lowest BCUT2D eigenvalue weighted by Gasteiger charge is -2.29. The molecule has 2 N–H and O–H groups in total. The van der Waals surface area contributed by atoms with Crippen molar-refractivity contribution in [3.05, 3.63) is 47.7 Å². The van der Waals surface area contributed by atoms with Crippen LogP contribution >= 0.6 is 0 Å². The van der Waals surface area contributed by atoms with Crippen LogP contribution in [0.5, 0.6) is 0 Å².